The quantitative estimate of drug-likeness (QED) is 0.716. The average molecular weight is 181 g/mol. The summed E-state index contributed by atoms with van der Waals surface area (Å²) in [6.07, 6.45) is 0. The summed E-state index contributed by atoms with van der Waals surface area (Å²) in [7, 11) is 1.69. The number of likely N-dealkylation sites (N-methyl/N-ethyl adjacent to an activating group) is 1. The molecule has 0 saturated carbocycles. The van der Waals surface area contributed by atoms with Gasteiger partial charge in [-0.2, -0.15) is 0 Å². The van der Waals surface area contributed by atoms with E-state index in [2.05, 4.69) is 5.32 Å². The molecule has 0 spiro atoms. The number of benzene rings is 1. The van der Waals surface area contributed by atoms with Crippen molar-refractivity contribution in [1.82, 2.24) is 5.32 Å². The Morgan fingerprint density at radius 1 is 1.54 bits per heavy atom. The van der Waals surface area contributed by atoms with Crippen LogP contribution in [0.25, 0.3) is 0 Å². The second-order valence-corrected chi connectivity index (χ2v) is 2.87. The summed E-state index contributed by atoms with van der Waals surface area (Å²) in [5, 5.41) is 2.74. The van der Waals surface area contributed by atoms with E-state index in [1.165, 1.54) is 6.07 Å². The maximum Gasteiger partial charge on any atom is 0.176 e. The van der Waals surface area contributed by atoms with E-state index in [0.717, 1.165) is 0 Å². The summed E-state index contributed by atoms with van der Waals surface area (Å²) >= 11 is 0. The van der Waals surface area contributed by atoms with Crippen molar-refractivity contribution >= 4 is 5.78 Å². The number of halogens is 1. The van der Waals surface area contributed by atoms with E-state index in [0.29, 0.717) is 11.1 Å². The van der Waals surface area contributed by atoms with Crippen molar-refractivity contribution in [3.05, 3.63) is 35.1 Å². The molecule has 3 heteroatoms. The zero-order valence-electron chi connectivity index (χ0n) is 7.73. The molecule has 2 nitrogen and oxygen atoms in total. The molecule has 0 heterocycles. The number of rotatable bonds is 3. The van der Waals surface area contributed by atoms with Gasteiger partial charge in [0, 0.05) is 5.56 Å². The van der Waals surface area contributed by atoms with Gasteiger partial charge in [0.1, 0.15) is 5.82 Å². The zero-order chi connectivity index (χ0) is 9.84. The lowest BCUT2D eigenvalue weighted by molar-refractivity contribution is 0.0992. The van der Waals surface area contributed by atoms with Gasteiger partial charge in [0.25, 0.3) is 0 Å². The second kappa shape index (κ2) is 4.14. The Kier molecular flexibility index (Phi) is 3.14. The van der Waals surface area contributed by atoms with Gasteiger partial charge in [0.2, 0.25) is 0 Å². The summed E-state index contributed by atoms with van der Waals surface area (Å²) < 4.78 is 13.0. The standard InChI is InChI=1S/C10H12FNO/c1-7-8(10(13)6-12-2)4-3-5-9(7)11/h3-5,12H,6H2,1-2H3. The van der Waals surface area contributed by atoms with Crippen LogP contribution >= 0.6 is 0 Å². The fraction of sp³-hybridized carbons (Fsp3) is 0.300. The molecular formula is C10H12FNO. The lowest BCUT2D eigenvalue weighted by Crippen LogP contribution is -2.19. The van der Waals surface area contributed by atoms with Gasteiger partial charge in [-0.25, -0.2) is 4.39 Å². The maximum absolute atomic E-state index is 13.0. The van der Waals surface area contributed by atoms with Crippen LogP contribution in [0.4, 0.5) is 4.39 Å². The van der Waals surface area contributed by atoms with Crippen LogP contribution < -0.4 is 5.32 Å². The minimum absolute atomic E-state index is 0.0838. The third kappa shape index (κ3) is 2.12. The van der Waals surface area contributed by atoms with Crippen molar-refractivity contribution in [3.8, 4) is 0 Å². The normalized spacial score (nSPS) is 10.1. The van der Waals surface area contributed by atoms with Crippen molar-refractivity contribution in [1.29, 1.82) is 0 Å². The molecule has 0 atom stereocenters. The lowest BCUT2D eigenvalue weighted by Gasteiger charge is -2.04. The largest absolute Gasteiger partial charge is 0.313 e. The molecule has 0 aliphatic rings. The number of hydrogen-bond donors (Lipinski definition) is 1. The van der Waals surface area contributed by atoms with Gasteiger partial charge in [0.15, 0.2) is 5.78 Å². The van der Waals surface area contributed by atoms with Gasteiger partial charge in [-0.3, -0.25) is 4.79 Å². The monoisotopic (exact) mass is 181 g/mol. The number of Topliss-reactive ketones (excluding diaryl/α,β-unsaturated/α-hetero) is 1. The SMILES string of the molecule is CNCC(=O)c1cccc(F)c1C. The first-order chi connectivity index (χ1) is 6.16. The Balaban J connectivity index is 3.01. The van der Waals surface area contributed by atoms with E-state index in [4.69, 9.17) is 0 Å². The maximum atomic E-state index is 13.0. The highest BCUT2D eigenvalue weighted by Crippen LogP contribution is 2.12. The van der Waals surface area contributed by atoms with Crippen LogP contribution in [0.2, 0.25) is 0 Å². The molecule has 1 aromatic rings. The summed E-state index contributed by atoms with van der Waals surface area (Å²) in [4.78, 5) is 11.4. The molecule has 0 aromatic heterocycles. The molecule has 13 heavy (non-hydrogen) atoms. The fourth-order valence-corrected chi connectivity index (χ4v) is 1.17. The van der Waals surface area contributed by atoms with Gasteiger partial charge >= 0.3 is 0 Å². The summed E-state index contributed by atoms with van der Waals surface area (Å²) in [5.74, 6) is -0.415. The first kappa shape index (κ1) is 9.86. The predicted molar refractivity (Wildman–Crippen MR) is 49.4 cm³/mol. The third-order valence-electron chi connectivity index (χ3n) is 1.91. The van der Waals surface area contributed by atoms with Crippen molar-refractivity contribution in [2.24, 2.45) is 0 Å². The summed E-state index contributed by atoms with van der Waals surface area (Å²) in [5.41, 5.74) is 0.872. The van der Waals surface area contributed by atoms with E-state index < -0.39 is 0 Å². The molecule has 1 rings (SSSR count). The molecule has 0 radical (unpaired) electrons. The Labute approximate surface area is 76.8 Å². The van der Waals surface area contributed by atoms with Crippen LogP contribution in [0.1, 0.15) is 15.9 Å². The number of nitrogens with one attached hydrogen (secondary N) is 1. The first-order valence-corrected chi connectivity index (χ1v) is 4.09. The Morgan fingerprint density at radius 2 is 2.23 bits per heavy atom. The van der Waals surface area contributed by atoms with Crippen LogP contribution in [0, 0.1) is 12.7 Å². The highest BCUT2D eigenvalue weighted by Gasteiger charge is 2.09. The third-order valence-corrected chi connectivity index (χ3v) is 1.91. The highest BCUT2D eigenvalue weighted by molar-refractivity contribution is 5.98. The predicted octanol–water partition coefficient (Wildman–Crippen LogP) is 1.54. The molecule has 0 aliphatic heterocycles. The number of carbonyl (C=O) groups is 1. The van der Waals surface area contributed by atoms with Crippen LogP contribution in [0.15, 0.2) is 18.2 Å². The van der Waals surface area contributed by atoms with E-state index >= 15 is 0 Å². The van der Waals surface area contributed by atoms with E-state index in [1.807, 2.05) is 0 Å². The van der Waals surface area contributed by atoms with Gasteiger partial charge in [0.05, 0.1) is 6.54 Å². The van der Waals surface area contributed by atoms with Crippen LogP contribution in [-0.2, 0) is 0 Å². The number of hydrogen-bond acceptors (Lipinski definition) is 2. The second-order valence-electron chi connectivity index (χ2n) is 2.87. The van der Waals surface area contributed by atoms with Crippen molar-refractivity contribution in [2.75, 3.05) is 13.6 Å². The minimum Gasteiger partial charge on any atom is -0.313 e. The topological polar surface area (TPSA) is 29.1 Å². The Morgan fingerprint density at radius 3 is 2.85 bits per heavy atom. The molecule has 0 fully saturated rings. The van der Waals surface area contributed by atoms with Gasteiger partial charge in [-0.1, -0.05) is 12.1 Å². The summed E-state index contributed by atoms with van der Waals surface area (Å²) in [6, 6.07) is 4.54. The molecule has 0 unspecified atom stereocenters. The van der Waals surface area contributed by atoms with Crippen molar-refractivity contribution < 1.29 is 9.18 Å². The van der Waals surface area contributed by atoms with Crippen molar-refractivity contribution in [2.45, 2.75) is 6.92 Å². The molecule has 0 bridgehead atoms. The molecule has 1 aromatic carbocycles. The molecular weight excluding hydrogens is 169 g/mol. The molecule has 0 aliphatic carbocycles. The number of carbonyl (C=O) groups excluding carboxylic acids is 1. The van der Waals surface area contributed by atoms with E-state index in [-0.39, 0.29) is 18.1 Å². The smallest absolute Gasteiger partial charge is 0.176 e. The molecule has 0 amide bonds. The zero-order valence-corrected chi connectivity index (χ0v) is 7.73. The Hall–Kier alpha value is -1.22. The molecule has 1 N–H and O–H groups in total. The van der Waals surface area contributed by atoms with Gasteiger partial charge < -0.3 is 5.32 Å². The molecule has 0 saturated heterocycles. The van der Waals surface area contributed by atoms with Crippen molar-refractivity contribution in [3.63, 3.8) is 0 Å². The Bertz CT molecular complexity index is 323. The summed E-state index contributed by atoms with van der Waals surface area (Å²) in [6.45, 7) is 1.85. The average Bonchev–Trinajstić information content (AvgIpc) is 2.10. The fourth-order valence-electron chi connectivity index (χ4n) is 1.17. The van der Waals surface area contributed by atoms with Gasteiger partial charge in [-0.15, -0.1) is 0 Å². The number of ketones is 1. The van der Waals surface area contributed by atoms with E-state index in [1.54, 1.807) is 26.1 Å². The lowest BCUT2D eigenvalue weighted by atomic mass is 10.0. The van der Waals surface area contributed by atoms with E-state index in [9.17, 15) is 9.18 Å². The molecule has 70 valence electrons. The first-order valence-electron chi connectivity index (χ1n) is 4.09. The van der Waals surface area contributed by atoms with Gasteiger partial charge in [-0.05, 0) is 25.6 Å². The minimum atomic E-state index is -0.332. The van der Waals surface area contributed by atoms with Crippen LogP contribution in [-0.4, -0.2) is 19.4 Å². The van der Waals surface area contributed by atoms with Crippen LogP contribution in [0.5, 0.6) is 0 Å². The highest BCUT2D eigenvalue weighted by atomic mass is 19.1. The van der Waals surface area contributed by atoms with Crippen LogP contribution in [0.3, 0.4) is 0 Å².